The fraction of sp³-hybridized carbons (Fsp3) is 0.706. The van der Waals surface area contributed by atoms with Crippen LogP contribution in [0.3, 0.4) is 0 Å². The first kappa shape index (κ1) is 15.3. The van der Waals surface area contributed by atoms with Gasteiger partial charge < -0.3 is 10.2 Å². The molecule has 0 bridgehead atoms. The molecule has 1 aromatic rings. The molecule has 1 aliphatic heterocycles. The summed E-state index contributed by atoms with van der Waals surface area (Å²) in [4.78, 5) is 7.06. The molecule has 0 aliphatic carbocycles. The number of pyridine rings is 1. The van der Waals surface area contributed by atoms with Crippen LogP contribution in [-0.2, 0) is 0 Å². The summed E-state index contributed by atoms with van der Waals surface area (Å²) in [5.41, 5.74) is 1.35. The summed E-state index contributed by atoms with van der Waals surface area (Å²) in [7, 11) is 0. The lowest BCUT2D eigenvalue weighted by Gasteiger charge is -2.33. The van der Waals surface area contributed by atoms with Gasteiger partial charge in [0, 0.05) is 25.3 Å². The third kappa shape index (κ3) is 3.95. The van der Waals surface area contributed by atoms with E-state index in [4.69, 9.17) is 0 Å². The molecule has 112 valence electrons. The fourth-order valence-electron chi connectivity index (χ4n) is 2.96. The quantitative estimate of drug-likeness (QED) is 0.856. The molecule has 1 aromatic heterocycles. The van der Waals surface area contributed by atoms with E-state index in [1.807, 2.05) is 6.20 Å². The van der Waals surface area contributed by atoms with E-state index in [1.165, 1.54) is 37.8 Å². The van der Waals surface area contributed by atoms with Crippen molar-refractivity contribution in [3.8, 4) is 0 Å². The van der Waals surface area contributed by atoms with Crippen molar-refractivity contribution in [3.63, 3.8) is 0 Å². The first-order chi connectivity index (χ1) is 9.74. The Morgan fingerprint density at radius 1 is 1.45 bits per heavy atom. The van der Waals surface area contributed by atoms with Crippen LogP contribution in [0, 0.1) is 5.92 Å². The van der Waals surface area contributed by atoms with Gasteiger partial charge in [0.05, 0.1) is 0 Å². The number of nitrogens with zero attached hydrogens (tertiary/aromatic N) is 2. The van der Waals surface area contributed by atoms with Gasteiger partial charge in [0.25, 0.3) is 0 Å². The normalized spacial score (nSPS) is 20.9. The van der Waals surface area contributed by atoms with Crippen LogP contribution in [0.4, 0.5) is 5.82 Å². The lowest BCUT2D eigenvalue weighted by molar-refractivity contribution is 0.403. The first-order valence-electron chi connectivity index (χ1n) is 8.18. The standard InChI is InChI=1S/C17H29N3/c1-4-9-18-14(3)16-8-10-19-17(12-16)20-11-6-7-15(5-2)13-20/h8,10,12,14-15,18H,4-7,9,11,13H2,1-3H3. The summed E-state index contributed by atoms with van der Waals surface area (Å²) < 4.78 is 0. The SMILES string of the molecule is CCCNC(C)c1ccnc(N2CCCC(CC)C2)c1. The van der Waals surface area contributed by atoms with Crippen molar-refractivity contribution in [1.29, 1.82) is 0 Å². The van der Waals surface area contributed by atoms with Gasteiger partial charge in [-0.05, 0) is 56.3 Å². The number of piperidine rings is 1. The molecule has 0 radical (unpaired) electrons. The Morgan fingerprint density at radius 2 is 2.30 bits per heavy atom. The van der Waals surface area contributed by atoms with Gasteiger partial charge in [0.1, 0.15) is 5.82 Å². The Labute approximate surface area is 123 Å². The summed E-state index contributed by atoms with van der Waals surface area (Å²) in [6.07, 6.45) is 7.09. The predicted octanol–water partition coefficient (Wildman–Crippen LogP) is 3.77. The number of hydrogen-bond donors (Lipinski definition) is 1. The van der Waals surface area contributed by atoms with Gasteiger partial charge in [-0.2, -0.15) is 0 Å². The number of nitrogens with one attached hydrogen (secondary N) is 1. The molecule has 2 heterocycles. The third-order valence-corrected chi connectivity index (χ3v) is 4.39. The summed E-state index contributed by atoms with van der Waals surface area (Å²) in [6.45, 7) is 10.1. The van der Waals surface area contributed by atoms with Crippen LogP contribution < -0.4 is 10.2 Å². The summed E-state index contributed by atoms with van der Waals surface area (Å²) >= 11 is 0. The van der Waals surface area contributed by atoms with Crippen LogP contribution in [0.2, 0.25) is 0 Å². The average Bonchev–Trinajstić information content (AvgIpc) is 2.52. The highest BCUT2D eigenvalue weighted by molar-refractivity contribution is 5.42. The number of anilines is 1. The number of hydrogen-bond acceptors (Lipinski definition) is 3. The smallest absolute Gasteiger partial charge is 0.128 e. The van der Waals surface area contributed by atoms with E-state index in [0.29, 0.717) is 6.04 Å². The highest BCUT2D eigenvalue weighted by Crippen LogP contribution is 2.25. The van der Waals surface area contributed by atoms with Crippen molar-refractivity contribution in [2.45, 2.75) is 52.5 Å². The number of aromatic nitrogens is 1. The van der Waals surface area contributed by atoms with Crippen LogP contribution in [0.15, 0.2) is 18.3 Å². The predicted molar refractivity (Wildman–Crippen MR) is 86.2 cm³/mol. The zero-order valence-corrected chi connectivity index (χ0v) is 13.2. The van der Waals surface area contributed by atoms with Gasteiger partial charge in [-0.3, -0.25) is 0 Å². The Balaban J connectivity index is 2.05. The maximum Gasteiger partial charge on any atom is 0.128 e. The van der Waals surface area contributed by atoms with E-state index in [-0.39, 0.29) is 0 Å². The molecule has 2 unspecified atom stereocenters. The molecule has 0 amide bonds. The Bertz CT molecular complexity index is 405. The Morgan fingerprint density at radius 3 is 3.05 bits per heavy atom. The fourth-order valence-corrected chi connectivity index (χ4v) is 2.96. The molecule has 2 rings (SSSR count). The minimum atomic E-state index is 0.406. The first-order valence-corrected chi connectivity index (χ1v) is 8.18. The molecule has 0 aromatic carbocycles. The second-order valence-electron chi connectivity index (χ2n) is 5.99. The van der Waals surface area contributed by atoms with Crippen LogP contribution >= 0.6 is 0 Å². The van der Waals surface area contributed by atoms with Gasteiger partial charge in [0.15, 0.2) is 0 Å². The van der Waals surface area contributed by atoms with E-state index in [1.54, 1.807) is 0 Å². The molecule has 3 heteroatoms. The molecular weight excluding hydrogens is 246 g/mol. The number of rotatable bonds is 6. The molecule has 1 fully saturated rings. The van der Waals surface area contributed by atoms with Gasteiger partial charge in [-0.25, -0.2) is 4.98 Å². The van der Waals surface area contributed by atoms with E-state index in [2.05, 4.69) is 48.1 Å². The lowest BCUT2D eigenvalue weighted by atomic mass is 9.95. The van der Waals surface area contributed by atoms with Crippen molar-refractivity contribution >= 4 is 5.82 Å². The molecule has 1 N–H and O–H groups in total. The minimum Gasteiger partial charge on any atom is -0.356 e. The van der Waals surface area contributed by atoms with Gasteiger partial charge >= 0.3 is 0 Å². The Hall–Kier alpha value is -1.09. The van der Waals surface area contributed by atoms with Crippen LogP contribution in [-0.4, -0.2) is 24.6 Å². The summed E-state index contributed by atoms with van der Waals surface area (Å²) in [6, 6.07) is 4.81. The van der Waals surface area contributed by atoms with E-state index in [0.717, 1.165) is 24.8 Å². The van der Waals surface area contributed by atoms with Crippen LogP contribution in [0.1, 0.15) is 58.1 Å². The molecule has 0 spiro atoms. The molecule has 1 saturated heterocycles. The average molecular weight is 275 g/mol. The second-order valence-corrected chi connectivity index (χ2v) is 5.99. The molecule has 20 heavy (non-hydrogen) atoms. The van der Waals surface area contributed by atoms with Crippen molar-refractivity contribution in [1.82, 2.24) is 10.3 Å². The monoisotopic (exact) mass is 275 g/mol. The van der Waals surface area contributed by atoms with E-state index in [9.17, 15) is 0 Å². The second kappa shape index (κ2) is 7.63. The zero-order valence-electron chi connectivity index (χ0n) is 13.2. The highest BCUT2D eigenvalue weighted by Gasteiger charge is 2.20. The highest BCUT2D eigenvalue weighted by atomic mass is 15.2. The summed E-state index contributed by atoms with van der Waals surface area (Å²) in [5, 5.41) is 3.55. The van der Waals surface area contributed by atoms with Crippen molar-refractivity contribution in [2.75, 3.05) is 24.5 Å². The Kier molecular flexibility index (Phi) is 5.84. The topological polar surface area (TPSA) is 28.2 Å². The summed E-state index contributed by atoms with van der Waals surface area (Å²) in [5.74, 6) is 2.00. The molecule has 1 aliphatic rings. The van der Waals surface area contributed by atoms with Crippen molar-refractivity contribution < 1.29 is 0 Å². The van der Waals surface area contributed by atoms with Crippen molar-refractivity contribution in [2.24, 2.45) is 5.92 Å². The molecular formula is C17H29N3. The maximum atomic E-state index is 4.59. The van der Waals surface area contributed by atoms with Crippen LogP contribution in [0.5, 0.6) is 0 Å². The van der Waals surface area contributed by atoms with Gasteiger partial charge in [-0.1, -0.05) is 20.3 Å². The zero-order chi connectivity index (χ0) is 14.4. The maximum absolute atomic E-state index is 4.59. The minimum absolute atomic E-state index is 0.406. The largest absolute Gasteiger partial charge is 0.356 e. The molecule has 2 atom stereocenters. The lowest BCUT2D eigenvalue weighted by Crippen LogP contribution is -2.35. The van der Waals surface area contributed by atoms with Crippen LogP contribution in [0.25, 0.3) is 0 Å². The molecule has 3 nitrogen and oxygen atoms in total. The van der Waals surface area contributed by atoms with Crippen molar-refractivity contribution in [3.05, 3.63) is 23.9 Å². The third-order valence-electron chi connectivity index (χ3n) is 4.39. The van der Waals surface area contributed by atoms with E-state index >= 15 is 0 Å². The van der Waals surface area contributed by atoms with Gasteiger partial charge in [0.2, 0.25) is 0 Å². The van der Waals surface area contributed by atoms with Gasteiger partial charge in [-0.15, -0.1) is 0 Å². The molecule has 0 saturated carbocycles. The van der Waals surface area contributed by atoms with E-state index < -0.39 is 0 Å².